The molecule has 0 aliphatic carbocycles. The predicted molar refractivity (Wildman–Crippen MR) is 68.4 cm³/mol. The summed E-state index contributed by atoms with van der Waals surface area (Å²) in [6, 6.07) is 5.37. The van der Waals surface area contributed by atoms with Crippen LogP contribution in [0.4, 0.5) is 4.39 Å². The average molecular weight is 239 g/mol. The monoisotopic (exact) mass is 239 g/mol. The van der Waals surface area contributed by atoms with Gasteiger partial charge in [-0.25, -0.2) is 4.39 Å². The van der Waals surface area contributed by atoms with Gasteiger partial charge < -0.3 is 10.4 Å². The van der Waals surface area contributed by atoms with Crippen molar-refractivity contribution in [3.05, 3.63) is 35.1 Å². The smallest absolute Gasteiger partial charge is 0.126 e. The molecular weight excluding hydrogens is 217 g/mol. The maximum absolute atomic E-state index is 13.4. The van der Waals surface area contributed by atoms with E-state index in [2.05, 4.69) is 5.32 Å². The first-order valence-corrected chi connectivity index (χ1v) is 5.96. The molecule has 1 atom stereocenters. The molecule has 0 aliphatic rings. The van der Waals surface area contributed by atoms with E-state index >= 15 is 0 Å². The van der Waals surface area contributed by atoms with Gasteiger partial charge in [0.1, 0.15) is 5.82 Å². The number of aliphatic hydroxyl groups is 1. The Morgan fingerprint density at radius 1 is 1.41 bits per heavy atom. The van der Waals surface area contributed by atoms with Crippen molar-refractivity contribution < 1.29 is 9.50 Å². The van der Waals surface area contributed by atoms with Crippen LogP contribution in [-0.2, 0) is 0 Å². The average Bonchev–Trinajstić information content (AvgIpc) is 2.30. The highest BCUT2D eigenvalue weighted by molar-refractivity contribution is 5.25. The van der Waals surface area contributed by atoms with Crippen molar-refractivity contribution in [2.24, 2.45) is 5.41 Å². The van der Waals surface area contributed by atoms with Gasteiger partial charge in [-0.05, 0) is 31.0 Å². The van der Waals surface area contributed by atoms with Gasteiger partial charge in [0.15, 0.2) is 0 Å². The van der Waals surface area contributed by atoms with E-state index in [0.29, 0.717) is 12.1 Å². The van der Waals surface area contributed by atoms with Crippen molar-refractivity contribution in [2.45, 2.75) is 33.7 Å². The van der Waals surface area contributed by atoms with Crippen molar-refractivity contribution in [3.63, 3.8) is 0 Å². The summed E-state index contributed by atoms with van der Waals surface area (Å²) >= 11 is 0. The van der Waals surface area contributed by atoms with Crippen molar-refractivity contribution in [3.8, 4) is 0 Å². The minimum atomic E-state index is -0.169. The summed E-state index contributed by atoms with van der Waals surface area (Å²) in [6.07, 6.45) is 0. The lowest BCUT2D eigenvalue weighted by molar-refractivity contribution is 0.154. The number of hydrogen-bond donors (Lipinski definition) is 2. The Morgan fingerprint density at radius 2 is 2.06 bits per heavy atom. The molecule has 17 heavy (non-hydrogen) atoms. The number of hydrogen-bond acceptors (Lipinski definition) is 2. The van der Waals surface area contributed by atoms with Gasteiger partial charge in [0.2, 0.25) is 0 Å². The quantitative estimate of drug-likeness (QED) is 0.828. The Balaban J connectivity index is 2.64. The predicted octanol–water partition coefficient (Wildman–Crippen LogP) is 2.80. The molecule has 3 heteroatoms. The third-order valence-corrected chi connectivity index (χ3v) is 3.01. The fourth-order valence-electron chi connectivity index (χ4n) is 1.48. The molecule has 1 unspecified atom stereocenters. The summed E-state index contributed by atoms with van der Waals surface area (Å²) in [5.74, 6) is -0.169. The van der Waals surface area contributed by atoms with E-state index in [-0.39, 0.29) is 23.9 Å². The number of aryl methyl sites for hydroxylation is 1. The van der Waals surface area contributed by atoms with Crippen LogP contribution in [0.25, 0.3) is 0 Å². The van der Waals surface area contributed by atoms with Gasteiger partial charge in [0, 0.05) is 24.6 Å². The second-order valence-corrected chi connectivity index (χ2v) is 5.43. The van der Waals surface area contributed by atoms with Crippen LogP contribution in [0.1, 0.15) is 37.9 Å². The molecule has 2 N–H and O–H groups in total. The molecule has 0 fully saturated rings. The largest absolute Gasteiger partial charge is 0.396 e. The molecule has 0 amide bonds. The molecule has 1 aromatic rings. The molecule has 0 radical (unpaired) electrons. The first kappa shape index (κ1) is 14.1. The van der Waals surface area contributed by atoms with E-state index in [1.165, 1.54) is 0 Å². The summed E-state index contributed by atoms with van der Waals surface area (Å²) < 4.78 is 13.4. The topological polar surface area (TPSA) is 32.3 Å². The van der Waals surface area contributed by atoms with E-state index in [0.717, 1.165) is 5.56 Å². The first-order valence-electron chi connectivity index (χ1n) is 5.96. The van der Waals surface area contributed by atoms with Crippen LogP contribution < -0.4 is 5.32 Å². The van der Waals surface area contributed by atoms with Crippen LogP contribution >= 0.6 is 0 Å². The molecule has 0 spiro atoms. The molecule has 0 aliphatic heterocycles. The highest BCUT2D eigenvalue weighted by Gasteiger charge is 2.17. The normalized spacial score (nSPS) is 13.8. The lowest BCUT2D eigenvalue weighted by Gasteiger charge is -2.25. The van der Waals surface area contributed by atoms with Gasteiger partial charge in [-0.3, -0.25) is 0 Å². The number of rotatable bonds is 5. The Bertz CT molecular complexity index is 376. The molecule has 0 saturated heterocycles. The second kappa shape index (κ2) is 5.61. The molecule has 1 aromatic carbocycles. The summed E-state index contributed by atoms with van der Waals surface area (Å²) in [5.41, 5.74) is 1.44. The second-order valence-electron chi connectivity index (χ2n) is 5.43. The maximum atomic E-state index is 13.4. The molecule has 0 bridgehead atoms. The van der Waals surface area contributed by atoms with Crippen LogP contribution in [-0.4, -0.2) is 18.3 Å². The van der Waals surface area contributed by atoms with E-state index in [9.17, 15) is 4.39 Å². The molecular formula is C14H22FNO. The van der Waals surface area contributed by atoms with E-state index in [4.69, 9.17) is 5.11 Å². The highest BCUT2D eigenvalue weighted by Crippen LogP contribution is 2.18. The Morgan fingerprint density at radius 3 is 2.59 bits per heavy atom. The van der Waals surface area contributed by atoms with Gasteiger partial charge in [-0.1, -0.05) is 26.0 Å². The first-order chi connectivity index (χ1) is 7.85. The minimum Gasteiger partial charge on any atom is -0.396 e. The standard InChI is InChI=1S/C14H22FNO/c1-10-5-6-12(7-13(10)15)11(2)16-8-14(3,4)9-17/h5-7,11,16-17H,8-9H2,1-4H3. The van der Waals surface area contributed by atoms with Crippen molar-refractivity contribution in [1.29, 1.82) is 0 Å². The van der Waals surface area contributed by atoms with Crippen LogP contribution in [0.3, 0.4) is 0 Å². The summed E-state index contributed by atoms with van der Waals surface area (Å²) in [7, 11) is 0. The van der Waals surface area contributed by atoms with Gasteiger partial charge in [-0.15, -0.1) is 0 Å². The lowest BCUT2D eigenvalue weighted by Crippen LogP contribution is -2.33. The summed E-state index contributed by atoms with van der Waals surface area (Å²) in [5, 5.41) is 12.5. The van der Waals surface area contributed by atoms with Crippen molar-refractivity contribution >= 4 is 0 Å². The summed E-state index contributed by atoms with van der Waals surface area (Å²) in [4.78, 5) is 0. The van der Waals surface area contributed by atoms with Gasteiger partial charge >= 0.3 is 0 Å². The van der Waals surface area contributed by atoms with Crippen LogP contribution in [0.2, 0.25) is 0 Å². The van der Waals surface area contributed by atoms with Crippen LogP contribution in [0.15, 0.2) is 18.2 Å². The third-order valence-electron chi connectivity index (χ3n) is 3.01. The Kier molecular flexibility index (Phi) is 4.66. The molecule has 0 saturated carbocycles. The van der Waals surface area contributed by atoms with Crippen LogP contribution in [0.5, 0.6) is 0 Å². The van der Waals surface area contributed by atoms with Crippen LogP contribution in [0, 0.1) is 18.2 Å². The molecule has 0 aromatic heterocycles. The van der Waals surface area contributed by atoms with E-state index in [1.54, 1.807) is 19.1 Å². The number of aliphatic hydroxyl groups excluding tert-OH is 1. The zero-order chi connectivity index (χ0) is 13.1. The molecule has 2 nitrogen and oxygen atoms in total. The molecule has 96 valence electrons. The van der Waals surface area contributed by atoms with Gasteiger partial charge in [0.25, 0.3) is 0 Å². The zero-order valence-electron chi connectivity index (χ0n) is 11.0. The van der Waals surface area contributed by atoms with Gasteiger partial charge in [-0.2, -0.15) is 0 Å². The number of nitrogens with one attached hydrogen (secondary N) is 1. The number of halogens is 1. The van der Waals surface area contributed by atoms with Crippen molar-refractivity contribution in [2.75, 3.05) is 13.2 Å². The minimum absolute atomic E-state index is 0.0796. The summed E-state index contributed by atoms with van der Waals surface area (Å²) in [6.45, 7) is 8.56. The van der Waals surface area contributed by atoms with Gasteiger partial charge in [0.05, 0.1) is 0 Å². The Labute approximate surface area is 103 Å². The number of benzene rings is 1. The lowest BCUT2D eigenvalue weighted by atomic mass is 9.94. The Hall–Kier alpha value is -0.930. The fraction of sp³-hybridized carbons (Fsp3) is 0.571. The van der Waals surface area contributed by atoms with E-state index in [1.807, 2.05) is 26.8 Å². The van der Waals surface area contributed by atoms with E-state index < -0.39 is 0 Å². The highest BCUT2D eigenvalue weighted by atomic mass is 19.1. The fourth-order valence-corrected chi connectivity index (χ4v) is 1.48. The zero-order valence-corrected chi connectivity index (χ0v) is 11.0. The molecule has 1 rings (SSSR count). The molecule has 0 heterocycles. The third kappa shape index (κ3) is 4.10. The SMILES string of the molecule is Cc1ccc(C(C)NCC(C)(C)CO)cc1F. The maximum Gasteiger partial charge on any atom is 0.126 e. The van der Waals surface area contributed by atoms with Crippen molar-refractivity contribution in [1.82, 2.24) is 5.32 Å².